The topological polar surface area (TPSA) is 104 Å². The van der Waals surface area contributed by atoms with Crippen LogP contribution < -0.4 is 22.9 Å². The summed E-state index contributed by atoms with van der Waals surface area (Å²) in [6, 6.07) is 28.3. The maximum absolute atomic E-state index is 5.81. The van der Waals surface area contributed by atoms with Crippen molar-refractivity contribution in [1.29, 1.82) is 0 Å². The Morgan fingerprint density at radius 2 is 0.750 bits per heavy atom. The summed E-state index contributed by atoms with van der Waals surface area (Å²) in [5.74, 6) is 0. The first-order chi connectivity index (χ1) is 15.3. The van der Waals surface area contributed by atoms with Crippen LogP contribution in [0.5, 0.6) is 0 Å². The highest BCUT2D eigenvalue weighted by Crippen LogP contribution is 2.19. The first-order valence-electron chi connectivity index (χ1n) is 10.7. The molecule has 4 heteroatoms. The van der Waals surface area contributed by atoms with Crippen molar-refractivity contribution in [1.82, 2.24) is 0 Å². The third-order valence-electron chi connectivity index (χ3n) is 5.44. The lowest BCUT2D eigenvalue weighted by Crippen LogP contribution is -1.95. The number of nitrogen functional groups attached to an aromatic ring is 4. The van der Waals surface area contributed by atoms with Crippen molar-refractivity contribution in [2.45, 2.75) is 26.7 Å². The fourth-order valence-corrected chi connectivity index (χ4v) is 3.44. The Balaban J connectivity index is 0.000000182. The van der Waals surface area contributed by atoms with Crippen LogP contribution in [-0.2, 0) is 12.8 Å². The third kappa shape index (κ3) is 6.54. The van der Waals surface area contributed by atoms with Gasteiger partial charge in [-0.15, -0.1) is 0 Å². The molecule has 0 fully saturated rings. The Morgan fingerprint density at radius 1 is 0.438 bits per heavy atom. The molecule has 0 spiro atoms. The van der Waals surface area contributed by atoms with Crippen LogP contribution in [0.3, 0.4) is 0 Å². The summed E-state index contributed by atoms with van der Waals surface area (Å²) in [5.41, 5.74) is 33.5. The molecule has 0 saturated carbocycles. The predicted octanol–water partition coefficient (Wildman–Crippen LogP) is 5.50. The second kappa shape index (κ2) is 10.4. The second-order valence-electron chi connectivity index (χ2n) is 8.22. The SMILES string of the molecule is Cc1cc(Cc2ccc(N)c(C)c2)ccc1N.Nc1ccc(Cc2ccc(N)cc2)cc1. The Labute approximate surface area is 190 Å². The smallest absolute Gasteiger partial charge is 0.0343 e. The minimum atomic E-state index is 0.802. The average Bonchev–Trinajstić information content (AvgIpc) is 2.77. The van der Waals surface area contributed by atoms with Gasteiger partial charge in [0, 0.05) is 22.7 Å². The fraction of sp³-hybridized carbons (Fsp3) is 0.143. The molecule has 0 saturated heterocycles. The van der Waals surface area contributed by atoms with Gasteiger partial charge in [0.05, 0.1) is 0 Å². The van der Waals surface area contributed by atoms with Gasteiger partial charge in [0.1, 0.15) is 0 Å². The molecule has 0 aliphatic rings. The number of anilines is 4. The van der Waals surface area contributed by atoms with Crippen LogP contribution in [0, 0.1) is 13.8 Å². The van der Waals surface area contributed by atoms with E-state index < -0.39 is 0 Å². The molecule has 32 heavy (non-hydrogen) atoms. The van der Waals surface area contributed by atoms with E-state index in [0.717, 1.165) is 46.7 Å². The standard InChI is InChI=1S/C15H18N2.C13H14N2/c1-10-7-12(3-5-14(10)16)9-13-4-6-15(17)11(2)8-13;14-12-5-1-10(2-6-12)9-11-3-7-13(15)8-4-11/h3-8H,9,16-17H2,1-2H3;1-8H,9,14-15H2. The van der Waals surface area contributed by atoms with Crippen molar-refractivity contribution < 1.29 is 0 Å². The highest BCUT2D eigenvalue weighted by Gasteiger charge is 2.01. The van der Waals surface area contributed by atoms with Crippen molar-refractivity contribution in [3.63, 3.8) is 0 Å². The minimum Gasteiger partial charge on any atom is -0.399 e. The predicted molar refractivity (Wildman–Crippen MR) is 139 cm³/mol. The van der Waals surface area contributed by atoms with Gasteiger partial charge in [0.15, 0.2) is 0 Å². The van der Waals surface area contributed by atoms with Crippen LogP contribution in [0.4, 0.5) is 22.7 Å². The monoisotopic (exact) mass is 424 g/mol. The lowest BCUT2D eigenvalue weighted by Gasteiger charge is -2.07. The molecule has 0 bridgehead atoms. The Hall–Kier alpha value is -3.92. The van der Waals surface area contributed by atoms with E-state index in [9.17, 15) is 0 Å². The van der Waals surface area contributed by atoms with E-state index in [0.29, 0.717) is 0 Å². The van der Waals surface area contributed by atoms with E-state index in [4.69, 9.17) is 22.9 Å². The van der Waals surface area contributed by atoms with E-state index >= 15 is 0 Å². The van der Waals surface area contributed by atoms with E-state index in [1.54, 1.807) is 0 Å². The number of hydrogen-bond donors (Lipinski definition) is 4. The van der Waals surface area contributed by atoms with Gasteiger partial charge in [-0.3, -0.25) is 0 Å². The van der Waals surface area contributed by atoms with Crippen LogP contribution in [0.2, 0.25) is 0 Å². The Kier molecular flexibility index (Phi) is 7.40. The molecule has 0 unspecified atom stereocenters. The molecule has 4 aromatic carbocycles. The van der Waals surface area contributed by atoms with E-state index in [1.807, 2.05) is 74.5 Å². The molecule has 0 radical (unpaired) electrons. The molecule has 0 aliphatic heterocycles. The highest BCUT2D eigenvalue weighted by atomic mass is 14.6. The summed E-state index contributed by atoms with van der Waals surface area (Å²) in [4.78, 5) is 0. The van der Waals surface area contributed by atoms with Gasteiger partial charge in [0.2, 0.25) is 0 Å². The van der Waals surface area contributed by atoms with Gasteiger partial charge >= 0.3 is 0 Å². The largest absolute Gasteiger partial charge is 0.399 e. The molecule has 0 aromatic heterocycles. The van der Waals surface area contributed by atoms with Crippen LogP contribution in [0.25, 0.3) is 0 Å². The number of benzene rings is 4. The molecular weight excluding hydrogens is 392 g/mol. The molecule has 0 aliphatic carbocycles. The maximum atomic E-state index is 5.81. The average molecular weight is 425 g/mol. The van der Waals surface area contributed by atoms with Crippen molar-refractivity contribution in [2.24, 2.45) is 0 Å². The lowest BCUT2D eigenvalue weighted by molar-refractivity contribution is 1.17. The number of nitrogens with two attached hydrogens (primary N) is 4. The Bertz CT molecular complexity index is 1070. The minimum absolute atomic E-state index is 0.802. The zero-order chi connectivity index (χ0) is 23.1. The summed E-state index contributed by atoms with van der Waals surface area (Å²) in [7, 11) is 0. The summed E-state index contributed by atoms with van der Waals surface area (Å²) in [6.45, 7) is 4.07. The summed E-state index contributed by atoms with van der Waals surface area (Å²) >= 11 is 0. The zero-order valence-electron chi connectivity index (χ0n) is 18.8. The second-order valence-corrected chi connectivity index (χ2v) is 8.22. The molecule has 0 atom stereocenters. The molecule has 4 rings (SSSR count). The van der Waals surface area contributed by atoms with Crippen LogP contribution in [0.15, 0.2) is 84.9 Å². The van der Waals surface area contributed by atoms with E-state index in [1.165, 1.54) is 22.3 Å². The third-order valence-corrected chi connectivity index (χ3v) is 5.44. The molecular formula is C28H32N4. The summed E-state index contributed by atoms with van der Waals surface area (Å²) < 4.78 is 0. The molecule has 4 aromatic rings. The van der Waals surface area contributed by atoms with E-state index in [2.05, 4.69) is 24.3 Å². The van der Waals surface area contributed by atoms with Gasteiger partial charge < -0.3 is 22.9 Å². The number of rotatable bonds is 4. The molecule has 0 heterocycles. The maximum Gasteiger partial charge on any atom is 0.0343 e. The first kappa shape index (κ1) is 22.8. The molecule has 164 valence electrons. The van der Waals surface area contributed by atoms with Crippen molar-refractivity contribution in [3.8, 4) is 0 Å². The van der Waals surface area contributed by atoms with Crippen LogP contribution in [-0.4, -0.2) is 0 Å². The quantitative estimate of drug-likeness (QED) is 0.325. The molecule has 4 nitrogen and oxygen atoms in total. The van der Waals surface area contributed by atoms with E-state index in [-0.39, 0.29) is 0 Å². The summed E-state index contributed by atoms with van der Waals surface area (Å²) in [6.07, 6.45) is 1.84. The van der Waals surface area contributed by atoms with Crippen molar-refractivity contribution >= 4 is 22.7 Å². The fourth-order valence-electron chi connectivity index (χ4n) is 3.44. The van der Waals surface area contributed by atoms with Crippen LogP contribution >= 0.6 is 0 Å². The van der Waals surface area contributed by atoms with Gasteiger partial charge in [-0.25, -0.2) is 0 Å². The van der Waals surface area contributed by atoms with Crippen LogP contribution in [0.1, 0.15) is 33.4 Å². The zero-order valence-corrected chi connectivity index (χ0v) is 18.8. The normalized spacial score (nSPS) is 10.3. The van der Waals surface area contributed by atoms with Crippen molar-refractivity contribution in [3.05, 3.63) is 118 Å². The van der Waals surface area contributed by atoms with Gasteiger partial charge in [0.25, 0.3) is 0 Å². The molecule has 8 N–H and O–H groups in total. The Morgan fingerprint density at radius 3 is 1.09 bits per heavy atom. The van der Waals surface area contributed by atoms with Crippen molar-refractivity contribution in [2.75, 3.05) is 22.9 Å². The molecule has 0 amide bonds. The highest BCUT2D eigenvalue weighted by molar-refractivity contribution is 5.51. The number of aryl methyl sites for hydroxylation is 2. The summed E-state index contributed by atoms with van der Waals surface area (Å²) in [5, 5.41) is 0. The lowest BCUT2D eigenvalue weighted by atomic mass is 10.0. The first-order valence-corrected chi connectivity index (χ1v) is 10.7. The van der Waals surface area contributed by atoms with Gasteiger partial charge in [-0.2, -0.15) is 0 Å². The number of hydrogen-bond acceptors (Lipinski definition) is 4. The van der Waals surface area contributed by atoms with Gasteiger partial charge in [-0.1, -0.05) is 48.5 Å². The van der Waals surface area contributed by atoms with Gasteiger partial charge in [-0.05, 0) is 96.5 Å².